The predicted octanol–water partition coefficient (Wildman–Crippen LogP) is 3.34. The van der Waals surface area contributed by atoms with E-state index >= 15 is 0 Å². The quantitative estimate of drug-likeness (QED) is 0.766. The third-order valence-electron chi connectivity index (χ3n) is 3.75. The maximum Gasteiger partial charge on any atom is 0.221 e. The lowest BCUT2D eigenvalue weighted by Crippen LogP contribution is -2.24. The zero-order chi connectivity index (χ0) is 16.8. The number of carbonyl (C=O) groups excluding carboxylic acids is 1. The Labute approximate surface area is 137 Å². The summed E-state index contributed by atoms with van der Waals surface area (Å²) in [6.07, 6.45) is -0.545. The van der Waals surface area contributed by atoms with Crippen molar-refractivity contribution < 1.29 is 9.90 Å². The highest BCUT2D eigenvalue weighted by molar-refractivity contribution is 5.88. The first-order chi connectivity index (χ1) is 11.0. The zero-order valence-electron chi connectivity index (χ0n) is 13.8. The van der Waals surface area contributed by atoms with Crippen molar-refractivity contribution in [1.29, 1.82) is 0 Å². The molecule has 0 radical (unpaired) electrons. The average Bonchev–Trinajstić information content (AvgIpc) is 2.52. The Morgan fingerprint density at radius 3 is 2.52 bits per heavy atom. The number of rotatable bonds is 6. The molecule has 2 unspecified atom stereocenters. The zero-order valence-corrected chi connectivity index (χ0v) is 13.8. The molecule has 0 fully saturated rings. The minimum atomic E-state index is -0.545. The lowest BCUT2D eigenvalue weighted by molar-refractivity contribution is -0.114. The van der Waals surface area contributed by atoms with Crippen LogP contribution in [0.1, 0.15) is 42.7 Å². The molecule has 2 aromatic carbocycles. The summed E-state index contributed by atoms with van der Waals surface area (Å²) < 4.78 is 0. The van der Waals surface area contributed by atoms with E-state index in [1.165, 1.54) is 6.92 Å². The van der Waals surface area contributed by atoms with Crippen LogP contribution >= 0.6 is 0 Å². The fourth-order valence-corrected chi connectivity index (χ4v) is 2.49. The number of hydrogen-bond acceptors (Lipinski definition) is 3. The summed E-state index contributed by atoms with van der Waals surface area (Å²) in [7, 11) is 0. The van der Waals surface area contributed by atoms with Crippen LogP contribution in [0.3, 0.4) is 0 Å². The van der Waals surface area contributed by atoms with Gasteiger partial charge in [-0.15, -0.1) is 0 Å². The van der Waals surface area contributed by atoms with E-state index in [1.54, 1.807) is 0 Å². The summed E-state index contributed by atoms with van der Waals surface area (Å²) >= 11 is 0. The van der Waals surface area contributed by atoms with Crippen LogP contribution in [-0.4, -0.2) is 17.6 Å². The van der Waals surface area contributed by atoms with Crippen molar-refractivity contribution in [2.75, 3.05) is 11.9 Å². The topological polar surface area (TPSA) is 61.4 Å². The van der Waals surface area contributed by atoms with Crippen LogP contribution in [-0.2, 0) is 4.79 Å². The van der Waals surface area contributed by atoms with Gasteiger partial charge in [-0.05, 0) is 37.1 Å². The van der Waals surface area contributed by atoms with Gasteiger partial charge in [-0.3, -0.25) is 4.79 Å². The second-order valence-corrected chi connectivity index (χ2v) is 5.87. The Morgan fingerprint density at radius 2 is 1.83 bits per heavy atom. The molecular formula is C19H24N2O2. The number of aliphatic hydroxyl groups excluding tert-OH is 1. The number of aryl methyl sites for hydroxylation is 1. The van der Waals surface area contributed by atoms with Crippen molar-refractivity contribution in [2.24, 2.45) is 0 Å². The van der Waals surface area contributed by atoms with Crippen LogP contribution in [0.25, 0.3) is 0 Å². The van der Waals surface area contributed by atoms with Crippen LogP contribution in [0.5, 0.6) is 0 Å². The van der Waals surface area contributed by atoms with Gasteiger partial charge in [0.05, 0.1) is 6.10 Å². The van der Waals surface area contributed by atoms with E-state index in [2.05, 4.69) is 10.6 Å². The van der Waals surface area contributed by atoms with E-state index in [4.69, 9.17) is 0 Å². The number of anilines is 1. The maximum atomic E-state index is 11.1. The van der Waals surface area contributed by atoms with Gasteiger partial charge in [0.1, 0.15) is 0 Å². The minimum absolute atomic E-state index is 0.0724. The van der Waals surface area contributed by atoms with Crippen LogP contribution in [0.15, 0.2) is 48.5 Å². The van der Waals surface area contributed by atoms with E-state index in [0.717, 1.165) is 22.4 Å². The summed E-state index contributed by atoms with van der Waals surface area (Å²) in [5.74, 6) is -0.0855. The molecule has 4 heteroatoms. The molecule has 0 aromatic heterocycles. The minimum Gasteiger partial charge on any atom is -0.387 e. The molecule has 0 aliphatic carbocycles. The first kappa shape index (κ1) is 17.2. The third kappa shape index (κ3) is 5.20. The van der Waals surface area contributed by atoms with Gasteiger partial charge in [0, 0.05) is 25.2 Å². The lowest BCUT2D eigenvalue weighted by atomic mass is 10.0. The van der Waals surface area contributed by atoms with Crippen molar-refractivity contribution in [2.45, 2.75) is 32.9 Å². The Hall–Kier alpha value is -2.17. The standard InChI is InChI=1S/C19H24N2O2/c1-13-6-4-8-17(10-13)19(23)12-20-14(2)16-7-5-9-18(11-16)21-15(3)22/h4-11,14,19-20,23H,12H2,1-3H3,(H,21,22). The predicted molar refractivity (Wildman–Crippen MR) is 93.3 cm³/mol. The highest BCUT2D eigenvalue weighted by Gasteiger charge is 2.11. The second kappa shape index (κ2) is 7.90. The number of carbonyl (C=O) groups is 1. The molecule has 0 saturated heterocycles. The summed E-state index contributed by atoms with van der Waals surface area (Å²) in [5, 5.41) is 16.4. The average molecular weight is 312 g/mol. The second-order valence-electron chi connectivity index (χ2n) is 5.87. The van der Waals surface area contributed by atoms with Crippen LogP contribution in [0.4, 0.5) is 5.69 Å². The Bertz CT molecular complexity index is 670. The molecule has 0 aliphatic heterocycles. The monoisotopic (exact) mass is 312 g/mol. The fraction of sp³-hybridized carbons (Fsp3) is 0.316. The van der Waals surface area contributed by atoms with Crippen molar-refractivity contribution in [3.05, 3.63) is 65.2 Å². The molecule has 4 nitrogen and oxygen atoms in total. The smallest absolute Gasteiger partial charge is 0.221 e. The molecule has 3 N–H and O–H groups in total. The van der Waals surface area contributed by atoms with Gasteiger partial charge in [-0.1, -0.05) is 42.0 Å². The van der Waals surface area contributed by atoms with Gasteiger partial charge < -0.3 is 15.7 Å². The Kier molecular flexibility index (Phi) is 5.90. The Morgan fingerprint density at radius 1 is 1.13 bits per heavy atom. The molecule has 23 heavy (non-hydrogen) atoms. The third-order valence-corrected chi connectivity index (χ3v) is 3.75. The lowest BCUT2D eigenvalue weighted by Gasteiger charge is -2.18. The molecular weight excluding hydrogens is 288 g/mol. The normalized spacial score (nSPS) is 13.4. The first-order valence-corrected chi connectivity index (χ1v) is 7.81. The number of nitrogens with one attached hydrogen (secondary N) is 2. The van der Waals surface area contributed by atoms with Gasteiger partial charge in [-0.25, -0.2) is 0 Å². The molecule has 0 aliphatic rings. The van der Waals surface area contributed by atoms with Crippen molar-refractivity contribution in [3.63, 3.8) is 0 Å². The molecule has 2 atom stereocenters. The molecule has 0 saturated carbocycles. The summed E-state index contributed by atoms with van der Waals surface area (Å²) in [6, 6.07) is 15.7. The highest BCUT2D eigenvalue weighted by Crippen LogP contribution is 2.19. The molecule has 0 spiro atoms. The number of benzene rings is 2. The van der Waals surface area contributed by atoms with Gasteiger partial charge in [-0.2, -0.15) is 0 Å². The largest absolute Gasteiger partial charge is 0.387 e. The number of aliphatic hydroxyl groups is 1. The van der Waals surface area contributed by atoms with Crippen molar-refractivity contribution in [3.8, 4) is 0 Å². The van der Waals surface area contributed by atoms with Gasteiger partial charge in [0.15, 0.2) is 0 Å². The SMILES string of the molecule is CC(=O)Nc1cccc(C(C)NCC(O)c2cccc(C)c2)c1. The maximum absolute atomic E-state index is 11.1. The molecule has 0 heterocycles. The van der Waals surface area contributed by atoms with Gasteiger partial charge in [0.25, 0.3) is 0 Å². The number of amides is 1. The van der Waals surface area contributed by atoms with Crippen molar-refractivity contribution >= 4 is 11.6 Å². The first-order valence-electron chi connectivity index (χ1n) is 7.81. The van der Waals surface area contributed by atoms with E-state index < -0.39 is 6.10 Å². The summed E-state index contributed by atoms with van der Waals surface area (Å²) in [4.78, 5) is 11.1. The molecule has 0 bridgehead atoms. The van der Waals surface area contributed by atoms with E-state index in [1.807, 2.05) is 62.4 Å². The summed E-state index contributed by atoms with van der Waals surface area (Å²) in [5.41, 5.74) is 3.89. The molecule has 122 valence electrons. The molecule has 2 aromatic rings. The van der Waals surface area contributed by atoms with Gasteiger partial charge >= 0.3 is 0 Å². The van der Waals surface area contributed by atoms with Gasteiger partial charge in [0.2, 0.25) is 5.91 Å². The van der Waals surface area contributed by atoms with Crippen LogP contribution < -0.4 is 10.6 Å². The molecule has 2 rings (SSSR count). The summed E-state index contributed by atoms with van der Waals surface area (Å²) in [6.45, 7) is 6.01. The van der Waals surface area contributed by atoms with Crippen molar-refractivity contribution in [1.82, 2.24) is 5.32 Å². The molecule has 1 amide bonds. The van der Waals surface area contributed by atoms with E-state index in [9.17, 15) is 9.90 Å². The van der Waals surface area contributed by atoms with Crippen LogP contribution in [0, 0.1) is 6.92 Å². The Balaban J connectivity index is 1.96. The van der Waals surface area contributed by atoms with E-state index in [0.29, 0.717) is 6.54 Å². The fourth-order valence-electron chi connectivity index (χ4n) is 2.49. The number of hydrogen-bond donors (Lipinski definition) is 3. The van der Waals surface area contributed by atoms with E-state index in [-0.39, 0.29) is 11.9 Å². The van der Waals surface area contributed by atoms with Crippen LogP contribution in [0.2, 0.25) is 0 Å². The highest BCUT2D eigenvalue weighted by atomic mass is 16.3.